The van der Waals surface area contributed by atoms with Gasteiger partial charge in [0.25, 0.3) is 0 Å². The number of likely N-dealkylation sites (N-methyl/N-ethyl adjacent to an activating group) is 1. The van der Waals surface area contributed by atoms with Crippen molar-refractivity contribution < 1.29 is 18.7 Å². The summed E-state index contributed by atoms with van der Waals surface area (Å²) in [5, 5.41) is 5.56. The van der Waals surface area contributed by atoms with E-state index in [-0.39, 0.29) is 30.7 Å². The summed E-state index contributed by atoms with van der Waals surface area (Å²) < 4.78 is 18.8. The summed E-state index contributed by atoms with van der Waals surface area (Å²) in [5.41, 5.74) is 1.15. The summed E-state index contributed by atoms with van der Waals surface area (Å²) in [6.07, 6.45) is 0.416. The largest absolute Gasteiger partial charge is 0.495 e. The second-order valence-electron chi connectivity index (χ2n) is 6.24. The van der Waals surface area contributed by atoms with Crippen LogP contribution in [0.2, 0.25) is 0 Å². The molecular formula is C21H26FN3O3. The van der Waals surface area contributed by atoms with E-state index in [1.165, 1.54) is 13.2 Å². The number of amides is 2. The van der Waals surface area contributed by atoms with E-state index in [0.717, 1.165) is 0 Å². The molecule has 28 heavy (non-hydrogen) atoms. The van der Waals surface area contributed by atoms with Crippen LogP contribution in [0.1, 0.15) is 12.5 Å². The highest BCUT2D eigenvalue weighted by Crippen LogP contribution is 2.22. The molecule has 0 spiro atoms. The number of hydrogen-bond donors (Lipinski definition) is 2. The van der Waals surface area contributed by atoms with Crippen LogP contribution in [0.25, 0.3) is 0 Å². The molecule has 7 heteroatoms. The van der Waals surface area contributed by atoms with E-state index >= 15 is 0 Å². The molecule has 0 unspecified atom stereocenters. The number of benzene rings is 2. The van der Waals surface area contributed by atoms with Gasteiger partial charge in [0.15, 0.2) is 0 Å². The van der Waals surface area contributed by atoms with E-state index < -0.39 is 0 Å². The average molecular weight is 387 g/mol. The van der Waals surface area contributed by atoms with Crippen LogP contribution in [0.4, 0.5) is 10.1 Å². The van der Waals surface area contributed by atoms with Gasteiger partial charge in [0.2, 0.25) is 11.8 Å². The van der Waals surface area contributed by atoms with Crippen LogP contribution in [-0.2, 0) is 16.0 Å². The SMILES string of the molecule is CCN(CC(=O)NCCc1ccccc1F)CC(=O)Nc1ccccc1OC. The second-order valence-corrected chi connectivity index (χ2v) is 6.24. The number of halogens is 1. The van der Waals surface area contributed by atoms with E-state index in [0.29, 0.717) is 36.5 Å². The van der Waals surface area contributed by atoms with E-state index in [4.69, 9.17) is 4.74 Å². The summed E-state index contributed by atoms with van der Waals surface area (Å²) in [6, 6.07) is 13.6. The molecule has 2 aromatic carbocycles. The Kier molecular flexibility index (Phi) is 8.42. The molecule has 2 amide bonds. The lowest BCUT2D eigenvalue weighted by Gasteiger charge is -2.19. The topological polar surface area (TPSA) is 70.7 Å². The van der Waals surface area contributed by atoms with Gasteiger partial charge < -0.3 is 15.4 Å². The molecule has 0 heterocycles. The Morgan fingerprint density at radius 2 is 1.71 bits per heavy atom. The third kappa shape index (κ3) is 6.66. The highest BCUT2D eigenvalue weighted by Gasteiger charge is 2.14. The highest BCUT2D eigenvalue weighted by molar-refractivity contribution is 5.94. The first-order valence-corrected chi connectivity index (χ1v) is 9.18. The predicted octanol–water partition coefficient (Wildman–Crippen LogP) is 2.45. The van der Waals surface area contributed by atoms with Crippen LogP contribution in [-0.4, -0.2) is 50.0 Å². The van der Waals surface area contributed by atoms with E-state index in [1.807, 2.05) is 13.0 Å². The number of anilines is 1. The van der Waals surface area contributed by atoms with Crippen molar-refractivity contribution in [2.45, 2.75) is 13.3 Å². The molecule has 6 nitrogen and oxygen atoms in total. The molecule has 0 saturated carbocycles. The van der Waals surface area contributed by atoms with E-state index in [2.05, 4.69) is 10.6 Å². The van der Waals surface area contributed by atoms with Gasteiger partial charge in [-0.25, -0.2) is 4.39 Å². The lowest BCUT2D eigenvalue weighted by atomic mass is 10.1. The van der Waals surface area contributed by atoms with Gasteiger partial charge in [0, 0.05) is 6.54 Å². The summed E-state index contributed by atoms with van der Waals surface area (Å²) in [4.78, 5) is 26.1. The number of methoxy groups -OCH3 is 1. The molecule has 150 valence electrons. The number of hydrogen-bond acceptors (Lipinski definition) is 4. The number of nitrogens with one attached hydrogen (secondary N) is 2. The number of nitrogens with zero attached hydrogens (tertiary/aromatic N) is 1. The zero-order valence-electron chi connectivity index (χ0n) is 16.2. The Hall–Kier alpha value is -2.93. The van der Waals surface area contributed by atoms with Gasteiger partial charge in [-0.3, -0.25) is 14.5 Å². The zero-order chi connectivity index (χ0) is 20.4. The third-order valence-electron chi connectivity index (χ3n) is 4.24. The third-order valence-corrected chi connectivity index (χ3v) is 4.24. The first-order chi connectivity index (χ1) is 13.5. The number of rotatable bonds is 10. The Bertz CT molecular complexity index is 798. The maximum atomic E-state index is 13.6. The van der Waals surface area contributed by atoms with Crippen LogP contribution in [0.5, 0.6) is 5.75 Å². The predicted molar refractivity (Wildman–Crippen MR) is 107 cm³/mol. The minimum absolute atomic E-state index is 0.0787. The smallest absolute Gasteiger partial charge is 0.238 e. The van der Waals surface area contributed by atoms with Gasteiger partial charge in [-0.1, -0.05) is 37.3 Å². The monoisotopic (exact) mass is 387 g/mol. The van der Waals surface area contributed by atoms with Crippen molar-refractivity contribution in [3.63, 3.8) is 0 Å². The molecule has 0 aliphatic carbocycles. The Morgan fingerprint density at radius 1 is 1.04 bits per heavy atom. The quantitative estimate of drug-likeness (QED) is 0.657. The molecule has 0 saturated heterocycles. The van der Waals surface area contributed by atoms with Crippen LogP contribution in [0.3, 0.4) is 0 Å². The lowest BCUT2D eigenvalue weighted by Crippen LogP contribution is -2.41. The molecule has 2 N–H and O–H groups in total. The van der Waals surface area contributed by atoms with Crippen LogP contribution in [0.15, 0.2) is 48.5 Å². The van der Waals surface area contributed by atoms with Crippen LogP contribution >= 0.6 is 0 Å². The minimum atomic E-state index is -0.278. The van der Waals surface area contributed by atoms with Crippen molar-refractivity contribution >= 4 is 17.5 Å². The van der Waals surface area contributed by atoms with Gasteiger partial charge in [-0.05, 0) is 36.7 Å². The summed E-state index contributed by atoms with van der Waals surface area (Å²) in [5.74, 6) is -0.140. The van der Waals surface area contributed by atoms with Crippen molar-refractivity contribution in [2.24, 2.45) is 0 Å². The molecule has 0 aromatic heterocycles. The van der Waals surface area contributed by atoms with Gasteiger partial charge in [0.05, 0.1) is 25.9 Å². The normalized spacial score (nSPS) is 10.6. The molecule has 0 radical (unpaired) electrons. The highest BCUT2D eigenvalue weighted by atomic mass is 19.1. The average Bonchev–Trinajstić information content (AvgIpc) is 2.69. The van der Waals surface area contributed by atoms with Gasteiger partial charge in [-0.2, -0.15) is 0 Å². The fourth-order valence-electron chi connectivity index (χ4n) is 2.72. The fraction of sp³-hybridized carbons (Fsp3) is 0.333. The fourth-order valence-corrected chi connectivity index (χ4v) is 2.72. The van der Waals surface area contributed by atoms with Crippen LogP contribution in [0, 0.1) is 5.82 Å². The van der Waals surface area contributed by atoms with Gasteiger partial charge in [-0.15, -0.1) is 0 Å². The number of carbonyl (C=O) groups is 2. The number of para-hydroxylation sites is 2. The van der Waals surface area contributed by atoms with E-state index in [1.54, 1.807) is 41.3 Å². The lowest BCUT2D eigenvalue weighted by molar-refractivity contribution is -0.123. The maximum absolute atomic E-state index is 13.6. The molecule has 0 atom stereocenters. The summed E-state index contributed by atoms with van der Waals surface area (Å²) in [6.45, 7) is 2.93. The number of ether oxygens (including phenoxy) is 1. The molecule has 0 aliphatic heterocycles. The molecule has 2 rings (SSSR count). The number of carbonyl (C=O) groups excluding carboxylic acids is 2. The molecule has 2 aromatic rings. The molecule has 0 fully saturated rings. The summed E-state index contributed by atoms with van der Waals surface area (Å²) >= 11 is 0. The molecule has 0 bridgehead atoms. The molecule has 0 aliphatic rings. The Balaban J connectivity index is 1.78. The van der Waals surface area contributed by atoms with Crippen molar-refractivity contribution in [3.8, 4) is 5.75 Å². The maximum Gasteiger partial charge on any atom is 0.238 e. The van der Waals surface area contributed by atoms with Gasteiger partial charge >= 0.3 is 0 Å². The standard InChI is InChI=1S/C21H26FN3O3/c1-3-25(15-21(27)24-18-10-6-7-11-19(18)28-2)14-20(26)23-13-12-16-8-4-5-9-17(16)22/h4-11H,3,12-15H2,1-2H3,(H,23,26)(H,24,27). The van der Waals surface area contributed by atoms with Crippen LogP contribution < -0.4 is 15.4 Å². The van der Waals surface area contributed by atoms with Gasteiger partial charge in [0.1, 0.15) is 11.6 Å². The minimum Gasteiger partial charge on any atom is -0.495 e. The van der Waals surface area contributed by atoms with Crippen molar-refractivity contribution in [1.82, 2.24) is 10.2 Å². The van der Waals surface area contributed by atoms with Crippen molar-refractivity contribution in [3.05, 3.63) is 59.9 Å². The second kappa shape index (κ2) is 11.0. The first-order valence-electron chi connectivity index (χ1n) is 9.18. The van der Waals surface area contributed by atoms with Crippen molar-refractivity contribution in [2.75, 3.05) is 38.6 Å². The Labute approximate surface area is 164 Å². The Morgan fingerprint density at radius 3 is 2.43 bits per heavy atom. The summed E-state index contributed by atoms with van der Waals surface area (Å²) in [7, 11) is 1.54. The molecular weight excluding hydrogens is 361 g/mol. The van der Waals surface area contributed by atoms with Crippen molar-refractivity contribution in [1.29, 1.82) is 0 Å². The first kappa shape index (κ1) is 21.4. The zero-order valence-corrected chi connectivity index (χ0v) is 16.2. The van der Waals surface area contributed by atoms with E-state index in [9.17, 15) is 14.0 Å².